The fourth-order valence-electron chi connectivity index (χ4n) is 1.77. The maximum atomic E-state index is 11.7. The number of aliphatic hydroxyl groups is 1. The van der Waals surface area contributed by atoms with Gasteiger partial charge in [0.25, 0.3) is 0 Å². The van der Waals surface area contributed by atoms with Crippen LogP contribution in [0.25, 0.3) is 0 Å². The van der Waals surface area contributed by atoms with E-state index in [4.69, 9.17) is 0 Å². The van der Waals surface area contributed by atoms with Crippen molar-refractivity contribution in [2.75, 3.05) is 13.6 Å². The Morgan fingerprint density at radius 2 is 2.15 bits per heavy atom. The minimum atomic E-state index is -0.912. The van der Waals surface area contributed by atoms with E-state index in [1.54, 1.807) is 0 Å². The van der Waals surface area contributed by atoms with Crippen LogP contribution in [0.4, 0.5) is 0 Å². The largest absolute Gasteiger partial charge is 0.631 e. The SMILES string of the molecule is C[N+]1([O-])CCc2ccccc2C1O. The number of hydrogen-bond donors (Lipinski definition) is 1. The van der Waals surface area contributed by atoms with Crippen LogP contribution < -0.4 is 0 Å². The van der Waals surface area contributed by atoms with Gasteiger partial charge >= 0.3 is 0 Å². The van der Waals surface area contributed by atoms with E-state index in [0.29, 0.717) is 6.54 Å². The Hall–Kier alpha value is -0.900. The number of hydroxylamine groups is 3. The number of fused-ring (bicyclic) bond motifs is 1. The topological polar surface area (TPSA) is 43.3 Å². The van der Waals surface area contributed by atoms with Gasteiger partial charge in [0.1, 0.15) is 0 Å². The van der Waals surface area contributed by atoms with Crippen LogP contribution in [0.1, 0.15) is 17.4 Å². The van der Waals surface area contributed by atoms with E-state index in [1.165, 1.54) is 7.05 Å². The Balaban J connectivity index is 2.45. The highest BCUT2D eigenvalue weighted by Crippen LogP contribution is 2.31. The van der Waals surface area contributed by atoms with Crippen LogP contribution >= 0.6 is 0 Å². The van der Waals surface area contributed by atoms with Crippen molar-refractivity contribution in [2.24, 2.45) is 0 Å². The van der Waals surface area contributed by atoms with Crippen molar-refractivity contribution in [1.82, 2.24) is 0 Å². The summed E-state index contributed by atoms with van der Waals surface area (Å²) < 4.78 is -0.572. The molecule has 0 aromatic heterocycles. The van der Waals surface area contributed by atoms with Gasteiger partial charge in [-0.1, -0.05) is 24.3 Å². The van der Waals surface area contributed by atoms with Crippen molar-refractivity contribution >= 4 is 0 Å². The molecule has 0 spiro atoms. The van der Waals surface area contributed by atoms with E-state index in [9.17, 15) is 10.3 Å². The Bertz CT molecular complexity index is 322. The van der Waals surface area contributed by atoms with E-state index < -0.39 is 10.9 Å². The van der Waals surface area contributed by atoms with Crippen LogP contribution in [0.5, 0.6) is 0 Å². The molecule has 1 N–H and O–H groups in total. The molecule has 2 atom stereocenters. The number of nitrogens with zero attached hydrogens (tertiary/aromatic N) is 1. The van der Waals surface area contributed by atoms with Gasteiger partial charge in [-0.2, -0.15) is 0 Å². The zero-order valence-electron chi connectivity index (χ0n) is 7.60. The molecule has 0 aliphatic carbocycles. The summed E-state index contributed by atoms with van der Waals surface area (Å²) >= 11 is 0. The Kier molecular flexibility index (Phi) is 1.87. The molecular formula is C10H13NO2. The van der Waals surface area contributed by atoms with E-state index in [2.05, 4.69) is 0 Å². The fourth-order valence-corrected chi connectivity index (χ4v) is 1.77. The average molecular weight is 179 g/mol. The molecule has 1 heterocycles. The standard InChI is InChI=1S/C10H13NO2/c1-11(13)7-6-8-4-2-3-5-9(8)10(11)12/h2-5,10,12H,6-7H2,1H3. The van der Waals surface area contributed by atoms with Crippen molar-refractivity contribution in [3.63, 3.8) is 0 Å². The van der Waals surface area contributed by atoms with Crippen LogP contribution in [-0.2, 0) is 6.42 Å². The molecule has 0 saturated heterocycles. The molecule has 2 rings (SSSR count). The number of benzene rings is 1. The maximum Gasteiger partial charge on any atom is 0.217 e. The Morgan fingerprint density at radius 1 is 1.46 bits per heavy atom. The number of aliphatic hydroxyl groups excluding tert-OH is 1. The van der Waals surface area contributed by atoms with Crippen LogP contribution in [0.2, 0.25) is 0 Å². The fraction of sp³-hybridized carbons (Fsp3) is 0.400. The summed E-state index contributed by atoms with van der Waals surface area (Å²) in [5.74, 6) is 0. The molecule has 70 valence electrons. The van der Waals surface area contributed by atoms with Gasteiger partial charge in [-0.05, 0) is 5.56 Å². The predicted octanol–water partition coefficient (Wildman–Crippen LogP) is 1.18. The summed E-state index contributed by atoms with van der Waals surface area (Å²) in [6.07, 6.45) is -0.155. The van der Waals surface area contributed by atoms with Gasteiger partial charge in [0.05, 0.1) is 13.6 Å². The van der Waals surface area contributed by atoms with E-state index in [0.717, 1.165) is 17.5 Å². The molecule has 2 unspecified atom stereocenters. The molecule has 1 aromatic carbocycles. The van der Waals surface area contributed by atoms with Gasteiger partial charge < -0.3 is 15.0 Å². The second-order valence-electron chi connectivity index (χ2n) is 3.72. The van der Waals surface area contributed by atoms with Crippen LogP contribution in [0, 0.1) is 5.21 Å². The van der Waals surface area contributed by atoms with Crippen molar-refractivity contribution in [3.8, 4) is 0 Å². The van der Waals surface area contributed by atoms with Gasteiger partial charge in [0, 0.05) is 12.0 Å². The van der Waals surface area contributed by atoms with Gasteiger partial charge in [-0.3, -0.25) is 0 Å². The lowest BCUT2D eigenvalue weighted by atomic mass is 9.98. The first-order valence-corrected chi connectivity index (χ1v) is 4.43. The minimum absolute atomic E-state index is 0.457. The number of quaternary nitrogens is 1. The van der Waals surface area contributed by atoms with Gasteiger partial charge in [0.15, 0.2) is 0 Å². The summed E-state index contributed by atoms with van der Waals surface area (Å²) in [5.41, 5.74) is 1.88. The monoisotopic (exact) mass is 179 g/mol. The third-order valence-electron chi connectivity index (χ3n) is 2.68. The third kappa shape index (κ3) is 1.35. The first kappa shape index (κ1) is 8.69. The highest BCUT2D eigenvalue weighted by Gasteiger charge is 2.30. The lowest BCUT2D eigenvalue weighted by Crippen LogP contribution is -2.46. The van der Waals surface area contributed by atoms with E-state index in [-0.39, 0.29) is 0 Å². The molecule has 1 aliphatic rings. The van der Waals surface area contributed by atoms with Crippen LogP contribution in [0.15, 0.2) is 24.3 Å². The summed E-state index contributed by atoms with van der Waals surface area (Å²) in [6, 6.07) is 7.59. The van der Waals surface area contributed by atoms with Crippen molar-refractivity contribution < 1.29 is 9.75 Å². The minimum Gasteiger partial charge on any atom is -0.631 e. The summed E-state index contributed by atoms with van der Waals surface area (Å²) in [5, 5.41) is 21.5. The quantitative estimate of drug-likeness (QED) is 0.480. The number of rotatable bonds is 0. The summed E-state index contributed by atoms with van der Waals surface area (Å²) in [4.78, 5) is 0. The van der Waals surface area contributed by atoms with Gasteiger partial charge in [0.2, 0.25) is 6.23 Å². The molecule has 0 radical (unpaired) electrons. The molecule has 0 bridgehead atoms. The summed E-state index contributed by atoms with van der Waals surface area (Å²) in [7, 11) is 1.51. The molecular weight excluding hydrogens is 166 g/mol. The normalized spacial score (nSPS) is 32.7. The second-order valence-corrected chi connectivity index (χ2v) is 3.72. The molecule has 0 saturated carbocycles. The second kappa shape index (κ2) is 2.80. The molecule has 3 heteroatoms. The smallest absolute Gasteiger partial charge is 0.217 e. The van der Waals surface area contributed by atoms with Crippen molar-refractivity contribution in [1.29, 1.82) is 0 Å². The summed E-state index contributed by atoms with van der Waals surface area (Å²) in [6.45, 7) is 0.457. The number of hydrogen-bond acceptors (Lipinski definition) is 2. The predicted molar refractivity (Wildman–Crippen MR) is 49.5 cm³/mol. The molecule has 0 fully saturated rings. The molecule has 3 nitrogen and oxygen atoms in total. The lowest BCUT2D eigenvalue weighted by Gasteiger charge is -2.46. The maximum absolute atomic E-state index is 11.7. The van der Waals surface area contributed by atoms with Gasteiger partial charge in [-0.25, -0.2) is 0 Å². The highest BCUT2D eigenvalue weighted by atomic mass is 16.6. The van der Waals surface area contributed by atoms with Crippen molar-refractivity contribution in [2.45, 2.75) is 12.6 Å². The van der Waals surface area contributed by atoms with E-state index in [1.807, 2.05) is 24.3 Å². The third-order valence-corrected chi connectivity index (χ3v) is 2.68. The Morgan fingerprint density at radius 3 is 2.92 bits per heavy atom. The Labute approximate surface area is 77.4 Å². The van der Waals surface area contributed by atoms with E-state index >= 15 is 0 Å². The lowest BCUT2D eigenvalue weighted by molar-refractivity contribution is -0.918. The van der Waals surface area contributed by atoms with Crippen molar-refractivity contribution in [3.05, 3.63) is 40.6 Å². The first-order valence-electron chi connectivity index (χ1n) is 4.43. The zero-order valence-corrected chi connectivity index (χ0v) is 7.60. The molecule has 13 heavy (non-hydrogen) atoms. The molecule has 1 aromatic rings. The zero-order chi connectivity index (χ0) is 9.47. The van der Waals surface area contributed by atoms with Crippen LogP contribution in [0.3, 0.4) is 0 Å². The average Bonchev–Trinajstić information content (AvgIpc) is 2.13. The van der Waals surface area contributed by atoms with Crippen LogP contribution in [-0.4, -0.2) is 23.3 Å². The highest BCUT2D eigenvalue weighted by molar-refractivity contribution is 5.29. The molecule has 1 aliphatic heterocycles. The van der Waals surface area contributed by atoms with Gasteiger partial charge in [-0.15, -0.1) is 0 Å². The molecule has 0 amide bonds. The first-order chi connectivity index (χ1) is 6.11. The number of likely N-dealkylation sites (N-methyl/N-ethyl adjacent to an activating group) is 1.